The van der Waals surface area contributed by atoms with Crippen LogP contribution in [0.3, 0.4) is 0 Å². The largest absolute Gasteiger partial charge is 0.444 e. The van der Waals surface area contributed by atoms with Gasteiger partial charge in [0.1, 0.15) is 5.60 Å². The van der Waals surface area contributed by atoms with Gasteiger partial charge in [0.25, 0.3) is 0 Å². The molecule has 176 valence electrons. The van der Waals surface area contributed by atoms with Crippen LogP contribution >= 0.6 is 0 Å². The van der Waals surface area contributed by atoms with Crippen LogP contribution < -0.4 is 15.1 Å². The average molecular weight is 452 g/mol. The topological polar surface area (TPSA) is 78.0 Å². The molecule has 0 aliphatic carbocycles. The van der Waals surface area contributed by atoms with Gasteiger partial charge in [0.2, 0.25) is 0 Å². The summed E-state index contributed by atoms with van der Waals surface area (Å²) in [6, 6.07) is 13.9. The van der Waals surface area contributed by atoms with Crippen LogP contribution in [0.25, 0.3) is 0 Å². The Hall–Kier alpha value is -3.29. The van der Waals surface area contributed by atoms with Gasteiger partial charge in [-0.3, -0.25) is 9.88 Å². The second-order valence-electron chi connectivity index (χ2n) is 9.57. The number of nitrogens with zero attached hydrogens (tertiary/aromatic N) is 4. The number of rotatable bonds is 3. The van der Waals surface area contributed by atoms with E-state index in [2.05, 4.69) is 21.3 Å². The Morgan fingerprint density at radius 1 is 1.00 bits per heavy atom. The SMILES string of the molecule is CC(C)(C)OC(=O)N1CCC(NC(=O)N2CCN(Cc3ccccn3)c3ccccc32)CC1. The predicted molar refractivity (Wildman–Crippen MR) is 128 cm³/mol. The van der Waals surface area contributed by atoms with Gasteiger partial charge in [-0.25, -0.2) is 9.59 Å². The van der Waals surface area contributed by atoms with Crippen LogP contribution in [0.5, 0.6) is 0 Å². The molecule has 0 radical (unpaired) electrons. The van der Waals surface area contributed by atoms with E-state index in [1.165, 1.54) is 0 Å². The van der Waals surface area contributed by atoms with Crippen LogP contribution in [0.15, 0.2) is 48.7 Å². The van der Waals surface area contributed by atoms with Gasteiger partial charge in [0.05, 0.1) is 23.6 Å². The highest BCUT2D eigenvalue weighted by atomic mass is 16.6. The van der Waals surface area contributed by atoms with Crippen LogP contribution in [-0.2, 0) is 11.3 Å². The number of likely N-dealkylation sites (tertiary alicyclic amines) is 1. The zero-order valence-electron chi connectivity index (χ0n) is 19.7. The number of amides is 3. The molecule has 3 amide bonds. The molecule has 2 aliphatic heterocycles. The quantitative estimate of drug-likeness (QED) is 0.763. The number of carbonyl (C=O) groups is 2. The lowest BCUT2D eigenvalue weighted by molar-refractivity contribution is 0.0201. The van der Waals surface area contributed by atoms with Crippen molar-refractivity contribution in [2.24, 2.45) is 0 Å². The molecule has 0 atom stereocenters. The first-order chi connectivity index (χ1) is 15.8. The van der Waals surface area contributed by atoms with Gasteiger partial charge in [0, 0.05) is 38.4 Å². The molecule has 1 fully saturated rings. The molecule has 3 heterocycles. The Bertz CT molecular complexity index is 968. The maximum atomic E-state index is 13.2. The van der Waals surface area contributed by atoms with Crippen LogP contribution in [0.1, 0.15) is 39.3 Å². The van der Waals surface area contributed by atoms with Gasteiger partial charge in [-0.05, 0) is 57.9 Å². The highest BCUT2D eigenvalue weighted by Crippen LogP contribution is 2.33. The summed E-state index contributed by atoms with van der Waals surface area (Å²) < 4.78 is 5.46. The van der Waals surface area contributed by atoms with Gasteiger partial charge >= 0.3 is 12.1 Å². The molecule has 4 rings (SSSR count). The van der Waals surface area contributed by atoms with Gasteiger partial charge < -0.3 is 19.9 Å². The summed E-state index contributed by atoms with van der Waals surface area (Å²) in [5, 5.41) is 3.18. The molecule has 0 bridgehead atoms. The zero-order valence-corrected chi connectivity index (χ0v) is 19.7. The molecular weight excluding hydrogens is 418 g/mol. The summed E-state index contributed by atoms with van der Waals surface area (Å²) in [6.07, 6.45) is 2.95. The average Bonchev–Trinajstić information content (AvgIpc) is 2.79. The number of carbonyl (C=O) groups excluding carboxylic acids is 2. The van der Waals surface area contributed by atoms with Crippen molar-refractivity contribution in [3.63, 3.8) is 0 Å². The number of nitrogens with one attached hydrogen (secondary N) is 1. The number of urea groups is 1. The van der Waals surface area contributed by atoms with Crippen molar-refractivity contribution in [3.8, 4) is 0 Å². The summed E-state index contributed by atoms with van der Waals surface area (Å²) in [7, 11) is 0. The van der Waals surface area contributed by atoms with Gasteiger partial charge in [0.15, 0.2) is 0 Å². The molecule has 8 heteroatoms. The Morgan fingerprint density at radius 2 is 1.70 bits per heavy atom. The Kier molecular flexibility index (Phi) is 6.72. The smallest absolute Gasteiger partial charge is 0.410 e. The van der Waals surface area contributed by atoms with Crippen LogP contribution in [-0.4, -0.2) is 59.8 Å². The molecule has 0 spiro atoms. The number of hydrogen-bond donors (Lipinski definition) is 1. The van der Waals surface area contributed by atoms with Crippen molar-refractivity contribution < 1.29 is 14.3 Å². The normalized spacial score (nSPS) is 16.9. The van der Waals surface area contributed by atoms with Gasteiger partial charge in [-0.1, -0.05) is 18.2 Å². The monoisotopic (exact) mass is 451 g/mol. The highest BCUT2D eigenvalue weighted by molar-refractivity contribution is 5.97. The van der Waals surface area contributed by atoms with E-state index >= 15 is 0 Å². The Labute approximate surface area is 195 Å². The first kappa shape index (κ1) is 22.9. The van der Waals surface area contributed by atoms with Crippen LogP contribution in [0, 0.1) is 0 Å². The molecule has 0 saturated carbocycles. The van der Waals surface area contributed by atoms with E-state index in [4.69, 9.17) is 4.74 Å². The lowest BCUT2D eigenvalue weighted by Crippen LogP contribution is -2.53. The summed E-state index contributed by atoms with van der Waals surface area (Å²) in [5.41, 5.74) is 2.43. The molecular formula is C25H33N5O3. The van der Waals surface area contributed by atoms with Crippen molar-refractivity contribution in [1.82, 2.24) is 15.2 Å². The van der Waals surface area contributed by atoms with E-state index < -0.39 is 5.60 Å². The van der Waals surface area contributed by atoms with E-state index in [9.17, 15) is 9.59 Å². The second kappa shape index (κ2) is 9.68. The Balaban J connectivity index is 1.36. The first-order valence-corrected chi connectivity index (χ1v) is 11.6. The lowest BCUT2D eigenvalue weighted by atomic mass is 10.1. The fourth-order valence-electron chi connectivity index (χ4n) is 4.27. The second-order valence-corrected chi connectivity index (χ2v) is 9.57. The van der Waals surface area contributed by atoms with Crippen molar-refractivity contribution in [2.45, 2.75) is 51.8 Å². The lowest BCUT2D eigenvalue weighted by Gasteiger charge is -2.39. The zero-order chi connectivity index (χ0) is 23.4. The van der Waals surface area contributed by atoms with E-state index in [1.54, 1.807) is 11.1 Å². The highest BCUT2D eigenvalue weighted by Gasteiger charge is 2.31. The third-order valence-corrected chi connectivity index (χ3v) is 5.91. The molecule has 1 saturated heterocycles. The predicted octanol–water partition coefficient (Wildman–Crippen LogP) is 4.02. The minimum Gasteiger partial charge on any atom is -0.444 e. The van der Waals surface area contributed by atoms with Crippen molar-refractivity contribution >= 4 is 23.5 Å². The molecule has 0 unspecified atom stereocenters. The van der Waals surface area contributed by atoms with Crippen molar-refractivity contribution in [2.75, 3.05) is 36.0 Å². The molecule has 1 aromatic heterocycles. The fourth-order valence-corrected chi connectivity index (χ4v) is 4.27. The van der Waals surface area contributed by atoms with Crippen LogP contribution in [0.4, 0.5) is 21.0 Å². The molecule has 1 N–H and O–H groups in total. The number of pyridine rings is 1. The number of piperidine rings is 1. The molecule has 1 aromatic carbocycles. The number of ether oxygens (including phenoxy) is 1. The minimum atomic E-state index is -0.506. The summed E-state index contributed by atoms with van der Waals surface area (Å²) in [5.74, 6) is 0. The standard InChI is InChI=1S/C25H33N5O3/c1-25(2,3)33-24(32)28-14-11-19(12-15-28)27-23(31)30-17-16-29(18-20-8-6-7-13-26-20)21-9-4-5-10-22(21)30/h4-10,13,19H,11-12,14-18H2,1-3H3,(H,27,31). The van der Waals surface area contributed by atoms with Gasteiger partial charge in [-0.15, -0.1) is 0 Å². The van der Waals surface area contributed by atoms with Gasteiger partial charge in [-0.2, -0.15) is 0 Å². The summed E-state index contributed by atoms with van der Waals surface area (Å²) in [4.78, 5) is 35.7. The Morgan fingerprint density at radius 3 is 2.36 bits per heavy atom. The van der Waals surface area contributed by atoms with Crippen LogP contribution in [0.2, 0.25) is 0 Å². The number of para-hydroxylation sites is 2. The number of anilines is 2. The van der Waals surface area contributed by atoms with E-state index in [0.717, 1.165) is 23.6 Å². The molecule has 2 aromatic rings. The first-order valence-electron chi connectivity index (χ1n) is 11.6. The summed E-state index contributed by atoms with van der Waals surface area (Å²) >= 11 is 0. The fraction of sp³-hybridized carbons (Fsp3) is 0.480. The number of hydrogen-bond acceptors (Lipinski definition) is 5. The van der Waals surface area contributed by atoms with Crippen molar-refractivity contribution in [1.29, 1.82) is 0 Å². The maximum Gasteiger partial charge on any atom is 0.410 e. The van der Waals surface area contributed by atoms with E-state index in [0.29, 0.717) is 39.0 Å². The molecule has 2 aliphatic rings. The molecule has 8 nitrogen and oxygen atoms in total. The maximum absolute atomic E-state index is 13.2. The number of aromatic nitrogens is 1. The van der Waals surface area contributed by atoms with E-state index in [-0.39, 0.29) is 18.2 Å². The minimum absolute atomic E-state index is 0.0369. The number of fused-ring (bicyclic) bond motifs is 1. The third kappa shape index (κ3) is 5.74. The van der Waals surface area contributed by atoms with E-state index in [1.807, 2.05) is 62.1 Å². The van der Waals surface area contributed by atoms with Crippen molar-refractivity contribution in [3.05, 3.63) is 54.4 Å². The summed E-state index contributed by atoms with van der Waals surface area (Å²) in [6.45, 7) is 8.80. The third-order valence-electron chi connectivity index (χ3n) is 5.91. The number of benzene rings is 1. The molecule has 33 heavy (non-hydrogen) atoms.